The summed E-state index contributed by atoms with van der Waals surface area (Å²) in [6.45, 7) is 1.62. The zero-order valence-electron chi connectivity index (χ0n) is 9.04. The molecule has 1 heterocycles. The number of halogens is 2. The van der Waals surface area contributed by atoms with E-state index >= 15 is 0 Å². The summed E-state index contributed by atoms with van der Waals surface area (Å²) in [6, 6.07) is 3.07. The number of rotatable bonds is 2. The molecule has 1 atom stereocenters. The zero-order valence-corrected chi connectivity index (χ0v) is 10.6. The van der Waals surface area contributed by atoms with E-state index < -0.39 is 0 Å². The van der Waals surface area contributed by atoms with Crippen LogP contribution >= 0.6 is 15.9 Å². The van der Waals surface area contributed by atoms with Crippen LogP contribution in [0, 0.1) is 5.82 Å². The Balaban J connectivity index is 2.24. The monoisotopic (exact) mass is 288 g/mol. The van der Waals surface area contributed by atoms with Crippen LogP contribution in [0.1, 0.15) is 6.42 Å². The molecule has 1 unspecified atom stereocenters. The molecular weight excluding hydrogens is 275 g/mol. The minimum absolute atomic E-state index is 0.214. The highest BCUT2D eigenvalue weighted by Crippen LogP contribution is 2.31. The summed E-state index contributed by atoms with van der Waals surface area (Å²) in [5, 5.41) is 0. The number of nitrogen functional groups attached to an aromatic ring is 1. The van der Waals surface area contributed by atoms with Gasteiger partial charge in [0.15, 0.2) is 0 Å². The summed E-state index contributed by atoms with van der Waals surface area (Å²) >= 11 is 3.12. The quantitative estimate of drug-likeness (QED) is 0.850. The maximum Gasteiger partial charge on any atom is 0.139 e. The average Bonchev–Trinajstić information content (AvgIpc) is 2.71. The fraction of sp³-hybridized carbons (Fsp3) is 0.455. The van der Waals surface area contributed by atoms with Crippen molar-refractivity contribution in [1.29, 1.82) is 0 Å². The van der Waals surface area contributed by atoms with E-state index in [1.807, 2.05) is 0 Å². The summed E-state index contributed by atoms with van der Waals surface area (Å²) < 4.78 is 19.1. The van der Waals surface area contributed by atoms with E-state index in [0.717, 1.165) is 25.2 Å². The van der Waals surface area contributed by atoms with Crippen molar-refractivity contribution in [3.05, 3.63) is 22.4 Å². The van der Waals surface area contributed by atoms with E-state index in [4.69, 9.17) is 10.5 Å². The number of ether oxygens (including phenoxy) is 1. The molecule has 1 saturated heterocycles. The summed E-state index contributed by atoms with van der Waals surface area (Å²) in [5.74, 6) is -0.287. The van der Waals surface area contributed by atoms with Crippen LogP contribution in [-0.2, 0) is 4.74 Å². The Labute approximate surface area is 102 Å². The summed E-state index contributed by atoms with van der Waals surface area (Å²) in [6.07, 6.45) is 1.17. The molecule has 3 nitrogen and oxygen atoms in total. The molecule has 88 valence electrons. The minimum Gasteiger partial charge on any atom is -0.397 e. The van der Waals surface area contributed by atoms with E-state index in [-0.39, 0.29) is 11.9 Å². The van der Waals surface area contributed by atoms with Crippen LogP contribution in [0.15, 0.2) is 16.6 Å². The van der Waals surface area contributed by atoms with Crippen molar-refractivity contribution in [2.75, 3.05) is 30.8 Å². The lowest BCUT2D eigenvalue weighted by Gasteiger charge is -2.20. The normalized spacial score (nSPS) is 20.4. The van der Waals surface area contributed by atoms with E-state index in [1.165, 1.54) is 6.07 Å². The van der Waals surface area contributed by atoms with Crippen molar-refractivity contribution in [1.82, 2.24) is 0 Å². The van der Waals surface area contributed by atoms with Crippen LogP contribution in [0.2, 0.25) is 0 Å². The summed E-state index contributed by atoms with van der Waals surface area (Å²) in [7, 11) is 1.69. The van der Waals surface area contributed by atoms with Crippen LogP contribution < -0.4 is 10.6 Å². The molecule has 5 heteroatoms. The number of nitrogens with zero attached hydrogens (tertiary/aromatic N) is 1. The molecular formula is C11H14BrFN2O. The highest BCUT2D eigenvalue weighted by Gasteiger charge is 2.24. The molecule has 0 saturated carbocycles. The van der Waals surface area contributed by atoms with Crippen LogP contribution in [0.25, 0.3) is 0 Å². The van der Waals surface area contributed by atoms with Gasteiger partial charge in [-0.25, -0.2) is 4.39 Å². The Bertz CT molecular complexity index is 400. The van der Waals surface area contributed by atoms with E-state index in [0.29, 0.717) is 10.2 Å². The lowest BCUT2D eigenvalue weighted by atomic mass is 10.2. The van der Waals surface area contributed by atoms with Crippen molar-refractivity contribution in [2.45, 2.75) is 12.5 Å². The minimum atomic E-state index is -0.287. The van der Waals surface area contributed by atoms with E-state index in [2.05, 4.69) is 20.8 Å². The number of hydrogen-bond acceptors (Lipinski definition) is 3. The van der Waals surface area contributed by atoms with Gasteiger partial charge in [-0.3, -0.25) is 0 Å². The zero-order chi connectivity index (χ0) is 11.7. The molecule has 1 aliphatic rings. The van der Waals surface area contributed by atoms with Crippen LogP contribution in [0.3, 0.4) is 0 Å². The van der Waals surface area contributed by atoms with E-state index in [1.54, 1.807) is 13.2 Å². The molecule has 16 heavy (non-hydrogen) atoms. The maximum atomic E-state index is 13.4. The van der Waals surface area contributed by atoms with Gasteiger partial charge < -0.3 is 15.4 Å². The molecule has 0 aliphatic carbocycles. The molecule has 0 bridgehead atoms. The van der Waals surface area contributed by atoms with Gasteiger partial charge in [0.1, 0.15) is 5.82 Å². The predicted molar refractivity (Wildman–Crippen MR) is 66.1 cm³/mol. The van der Waals surface area contributed by atoms with Crippen molar-refractivity contribution < 1.29 is 9.13 Å². The molecule has 0 spiro atoms. The van der Waals surface area contributed by atoms with Gasteiger partial charge in [-0.05, 0) is 28.4 Å². The predicted octanol–water partition coefficient (Wildman–Crippen LogP) is 2.40. The molecule has 0 aromatic heterocycles. The van der Waals surface area contributed by atoms with Gasteiger partial charge in [0.2, 0.25) is 0 Å². The lowest BCUT2D eigenvalue weighted by Crippen LogP contribution is -2.23. The van der Waals surface area contributed by atoms with E-state index in [9.17, 15) is 4.39 Å². The molecule has 0 radical (unpaired) electrons. The maximum absolute atomic E-state index is 13.4. The molecule has 1 aliphatic heterocycles. The van der Waals surface area contributed by atoms with Gasteiger partial charge in [-0.2, -0.15) is 0 Å². The third kappa shape index (κ3) is 2.15. The highest BCUT2D eigenvalue weighted by molar-refractivity contribution is 9.10. The fourth-order valence-corrected chi connectivity index (χ4v) is 2.33. The highest BCUT2D eigenvalue weighted by atomic mass is 79.9. The Morgan fingerprint density at radius 1 is 1.56 bits per heavy atom. The number of methoxy groups -OCH3 is 1. The number of benzene rings is 1. The smallest absolute Gasteiger partial charge is 0.139 e. The van der Waals surface area contributed by atoms with Crippen LogP contribution in [-0.4, -0.2) is 26.3 Å². The van der Waals surface area contributed by atoms with Crippen LogP contribution in [0.4, 0.5) is 15.8 Å². The standard InChI is InChI=1S/C11H14BrFN2O/c1-16-7-2-3-15(6-7)11-5-9(13)8(12)4-10(11)14/h4-5,7H,2-3,6,14H2,1H3. The largest absolute Gasteiger partial charge is 0.397 e. The molecule has 1 aromatic carbocycles. The number of hydrogen-bond donors (Lipinski definition) is 1. The average molecular weight is 289 g/mol. The molecule has 1 aromatic rings. The number of nitrogens with two attached hydrogens (primary N) is 1. The first kappa shape index (κ1) is 11.7. The third-order valence-electron chi connectivity index (χ3n) is 2.89. The van der Waals surface area contributed by atoms with Gasteiger partial charge in [0.25, 0.3) is 0 Å². The van der Waals surface area contributed by atoms with Crippen molar-refractivity contribution in [3.8, 4) is 0 Å². The first-order valence-electron chi connectivity index (χ1n) is 5.14. The summed E-state index contributed by atoms with van der Waals surface area (Å²) in [5.41, 5.74) is 7.22. The first-order valence-corrected chi connectivity index (χ1v) is 5.93. The molecule has 0 amide bonds. The van der Waals surface area contributed by atoms with Gasteiger partial charge in [-0.15, -0.1) is 0 Å². The Kier molecular flexibility index (Phi) is 3.35. The van der Waals surface area contributed by atoms with Crippen LogP contribution in [0.5, 0.6) is 0 Å². The van der Waals surface area contributed by atoms with Gasteiger partial charge >= 0.3 is 0 Å². The second-order valence-corrected chi connectivity index (χ2v) is 4.77. The molecule has 1 fully saturated rings. The first-order chi connectivity index (χ1) is 7.61. The van der Waals surface area contributed by atoms with Crippen molar-refractivity contribution >= 4 is 27.3 Å². The number of anilines is 2. The third-order valence-corrected chi connectivity index (χ3v) is 3.50. The lowest BCUT2D eigenvalue weighted by molar-refractivity contribution is 0.121. The Morgan fingerprint density at radius 3 is 2.94 bits per heavy atom. The van der Waals surface area contributed by atoms with Gasteiger partial charge in [0.05, 0.1) is 22.0 Å². The SMILES string of the molecule is COC1CCN(c2cc(F)c(Br)cc2N)C1. The summed E-state index contributed by atoms with van der Waals surface area (Å²) in [4.78, 5) is 2.05. The molecule has 2 N–H and O–H groups in total. The molecule has 2 rings (SSSR count). The Morgan fingerprint density at radius 2 is 2.31 bits per heavy atom. The second-order valence-electron chi connectivity index (χ2n) is 3.92. The van der Waals surface area contributed by atoms with Crippen molar-refractivity contribution in [2.24, 2.45) is 0 Å². The van der Waals surface area contributed by atoms with Gasteiger partial charge in [0, 0.05) is 26.3 Å². The topological polar surface area (TPSA) is 38.5 Å². The Hall–Kier alpha value is -0.810. The van der Waals surface area contributed by atoms with Gasteiger partial charge in [-0.1, -0.05) is 0 Å². The second kappa shape index (κ2) is 4.59. The fourth-order valence-electron chi connectivity index (χ4n) is 1.96. The van der Waals surface area contributed by atoms with Crippen molar-refractivity contribution in [3.63, 3.8) is 0 Å².